The zero-order valence-electron chi connectivity index (χ0n) is 12.7. The van der Waals surface area contributed by atoms with E-state index in [4.69, 9.17) is 5.11 Å². The molecule has 1 saturated heterocycles. The summed E-state index contributed by atoms with van der Waals surface area (Å²) in [4.78, 5) is 25.1. The molecule has 1 amide bonds. The predicted molar refractivity (Wildman–Crippen MR) is 81.0 cm³/mol. The Morgan fingerprint density at radius 1 is 1.29 bits per heavy atom. The number of amides is 1. The van der Waals surface area contributed by atoms with Crippen molar-refractivity contribution in [2.24, 2.45) is 11.8 Å². The van der Waals surface area contributed by atoms with Gasteiger partial charge >= 0.3 is 5.97 Å². The molecule has 2 rings (SSSR count). The third-order valence-electron chi connectivity index (χ3n) is 4.32. The predicted octanol–water partition coefficient (Wildman–Crippen LogP) is 2.75. The lowest BCUT2D eigenvalue weighted by atomic mass is 9.85. The molecule has 0 radical (unpaired) electrons. The molecule has 1 aliphatic heterocycles. The van der Waals surface area contributed by atoms with Gasteiger partial charge in [0.2, 0.25) is 5.91 Å². The average Bonchev–Trinajstić information content (AvgIpc) is 2.95. The quantitative estimate of drug-likeness (QED) is 0.906. The summed E-state index contributed by atoms with van der Waals surface area (Å²) in [6.45, 7) is 5.16. The standard InChI is InChI=1S/C17H23NO3/c1-12(2)15(13-6-4-3-5-7-13)10-16(19)18-9-8-14(11-18)17(20)21/h3-7,12,14-15H,8-11H2,1-2H3,(H,20,21). The van der Waals surface area contributed by atoms with Crippen molar-refractivity contribution >= 4 is 11.9 Å². The lowest BCUT2D eigenvalue weighted by Crippen LogP contribution is -2.31. The number of hydrogen-bond donors (Lipinski definition) is 1. The van der Waals surface area contributed by atoms with Gasteiger partial charge < -0.3 is 10.0 Å². The summed E-state index contributed by atoms with van der Waals surface area (Å²) >= 11 is 0. The molecule has 1 heterocycles. The number of carboxylic acid groups (broad SMARTS) is 1. The number of carboxylic acids is 1. The normalized spacial score (nSPS) is 19.8. The number of hydrogen-bond acceptors (Lipinski definition) is 2. The number of benzene rings is 1. The molecular weight excluding hydrogens is 266 g/mol. The minimum atomic E-state index is -0.797. The lowest BCUT2D eigenvalue weighted by Gasteiger charge is -2.24. The van der Waals surface area contributed by atoms with Crippen molar-refractivity contribution in [2.75, 3.05) is 13.1 Å². The van der Waals surface area contributed by atoms with Gasteiger partial charge in [-0.1, -0.05) is 44.2 Å². The highest BCUT2D eigenvalue weighted by molar-refractivity contribution is 5.79. The number of likely N-dealkylation sites (tertiary alicyclic amines) is 1. The second-order valence-electron chi connectivity index (χ2n) is 6.13. The molecule has 4 heteroatoms. The number of nitrogens with zero attached hydrogens (tertiary/aromatic N) is 1. The first-order chi connectivity index (χ1) is 9.99. The van der Waals surface area contributed by atoms with E-state index in [1.54, 1.807) is 4.90 Å². The Labute approximate surface area is 125 Å². The summed E-state index contributed by atoms with van der Waals surface area (Å²) in [6, 6.07) is 10.1. The fourth-order valence-electron chi connectivity index (χ4n) is 2.94. The van der Waals surface area contributed by atoms with Crippen LogP contribution in [-0.2, 0) is 9.59 Å². The van der Waals surface area contributed by atoms with Gasteiger partial charge in [0.1, 0.15) is 0 Å². The molecule has 0 saturated carbocycles. The Morgan fingerprint density at radius 3 is 2.48 bits per heavy atom. The van der Waals surface area contributed by atoms with Gasteiger partial charge in [-0.05, 0) is 23.8 Å². The molecule has 1 aromatic rings. The molecule has 2 unspecified atom stereocenters. The summed E-state index contributed by atoms with van der Waals surface area (Å²) in [6.07, 6.45) is 1.02. The van der Waals surface area contributed by atoms with Crippen molar-refractivity contribution in [1.29, 1.82) is 0 Å². The summed E-state index contributed by atoms with van der Waals surface area (Å²) in [5, 5.41) is 9.02. The first-order valence-electron chi connectivity index (χ1n) is 7.54. The summed E-state index contributed by atoms with van der Waals surface area (Å²) in [5.74, 6) is -0.574. The summed E-state index contributed by atoms with van der Waals surface area (Å²) in [5.41, 5.74) is 1.18. The van der Waals surface area contributed by atoms with Crippen LogP contribution in [0.4, 0.5) is 0 Å². The maximum Gasteiger partial charge on any atom is 0.308 e. The van der Waals surface area contributed by atoms with Crippen molar-refractivity contribution in [3.63, 3.8) is 0 Å². The third-order valence-corrected chi connectivity index (χ3v) is 4.32. The minimum Gasteiger partial charge on any atom is -0.481 e. The van der Waals surface area contributed by atoms with E-state index in [-0.39, 0.29) is 11.8 Å². The smallest absolute Gasteiger partial charge is 0.308 e. The minimum absolute atomic E-state index is 0.0707. The van der Waals surface area contributed by atoms with Gasteiger partial charge in [-0.25, -0.2) is 0 Å². The molecule has 1 N–H and O–H groups in total. The highest BCUT2D eigenvalue weighted by Gasteiger charge is 2.32. The SMILES string of the molecule is CC(C)C(CC(=O)N1CCC(C(=O)O)C1)c1ccccc1. The molecule has 114 valence electrons. The van der Waals surface area contributed by atoms with E-state index in [1.807, 2.05) is 18.2 Å². The van der Waals surface area contributed by atoms with E-state index >= 15 is 0 Å². The third kappa shape index (κ3) is 3.84. The second kappa shape index (κ2) is 6.74. The van der Waals surface area contributed by atoms with Gasteiger partial charge in [0.25, 0.3) is 0 Å². The Kier molecular flexibility index (Phi) is 4.99. The van der Waals surface area contributed by atoms with E-state index in [1.165, 1.54) is 5.56 Å². The van der Waals surface area contributed by atoms with E-state index in [0.717, 1.165) is 0 Å². The number of aliphatic carboxylic acids is 1. The van der Waals surface area contributed by atoms with Crippen LogP contribution in [0.1, 0.15) is 38.2 Å². The van der Waals surface area contributed by atoms with E-state index in [9.17, 15) is 9.59 Å². The highest BCUT2D eigenvalue weighted by atomic mass is 16.4. The van der Waals surface area contributed by atoms with Crippen molar-refractivity contribution in [3.05, 3.63) is 35.9 Å². The lowest BCUT2D eigenvalue weighted by molar-refractivity contribution is -0.141. The van der Waals surface area contributed by atoms with Crippen LogP contribution in [0, 0.1) is 11.8 Å². The topological polar surface area (TPSA) is 57.6 Å². The first-order valence-corrected chi connectivity index (χ1v) is 7.54. The van der Waals surface area contributed by atoms with Gasteiger partial charge in [-0.15, -0.1) is 0 Å². The van der Waals surface area contributed by atoms with Crippen LogP contribution in [0.5, 0.6) is 0 Å². The van der Waals surface area contributed by atoms with Crippen molar-refractivity contribution < 1.29 is 14.7 Å². The molecule has 1 aromatic carbocycles. The molecular formula is C17H23NO3. The van der Waals surface area contributed by atoms with Crippen LogP contribution in [0.25, 0.3) is 0 Å². The molecule has 21 heavy (non-hydrogen) atoms. The van der Waals surface area contributed by atoms with E-state index in [0.29, 0.717) is 31.8 Å². The number of carbonyl (C=O) groups excluding carboxylic acids is 1. The fraction of sp³-hybridized carbons (Fsp3) is 0.529. The van der Waals surface area contributed by atoms with Crippen molar-refractivity contribution in [2.45, 2.75) is 32.6 Å². The molecule has 0 bridgehead atoms. The fourth-order valence-corrected chi connectivity index (χ4v) is 2.94. The average molecular weight is 289 g/mol. The van der Waals surface area contributed by atoms with E-state index in [2.05, 4.69) is 26.0 Å². The van der Waals surface area contributed by atoms with Crippen LogP contribution in [-0.4, -0.2) is 35.0 Å². The van der Waals surface area contributed by atoms with Gasteiger partial charge in [0, 0.05) is 19.5 Å². The number of carbonyl (C=O) groups is 2. The Bertz CT molecular complexity index is 498. The molecule has 0 spiro atoms. The zero-order chi connectivity index (χ0) is 15.4. The molecule has 0 aliphatic carbocycles. The second-order valence-corrected chi connectivity index (χ2v) is 6.13. The Hall–Kier alpha value is -1.84. The molecule has 1 fully saturated rings. The highest BCUT2D eigenvalue weighted by Crippen LogP contribution is 2.29. The largest absolute Gasteiger partial charge is 0.481 e. The van der Waals surface area contributed by atoms with Crippen LogP contribution in [0.3, 0.4) is 0 Å². The van der Waals surface area contributed by atoms with Crippen LogP contribution < -0.4 is 0 Å². The molecule has 1 aliphatic rings. The van der Waals surface area contributed by atoms with Gasteiger partial charge in [0.05, 0.1) is 5.92 Å². The molecule has 0 aromatic heterocycles. The van der Waals surface area contributed by atoms with Crippen molar-refractivity contribution in [3.8, 4) is 0 Å². The van der Waals surface area contributed by atoms with Gasteiger partial charge in [-0.3, -0.25) is 9.59 Å². The van der Waals surface area contributed by atoms with Crippen molar-refractivity contribution in [1.82, 2.24) is 4.90 Å². The van der Waals surface area contributed by atoms with E-state index < -0.39 is 11.9 Å². The summed E-state index contributed by atoms with van der Waals surface area (Å²) < 4.78 is 0. The maximum atomic E-state index is 12.4. The summed E-state index contributed by atoms with van der Waals surface area (Å²) in [7, 11) is 0. The first kappa shape index (κ1) is 15.5. The monoisotopic (exact) mass is 289 g/mol. The van der Waals surface area contributed by atoms with Gasteiger partial charge in [-0.2, -0.15) is 0 Å². The Morgan fingerprint density at radius 2 is 1.95 bits per heavy atom. The maximum absolute atomic E-state index is 12.4. The molecule has 2 atom stereocenters. The van der Waals surface area contributed by atoms with Crippen LogP contribution in [0.15, 0.2) is 30.3 Å². The molecule has 4 nitrogen and oxygen atoms in total. The zero-order valence-corrected chi connectivity index (χ0v) is 12.7. The number of rotatable bonds is 5. The van der Waals surface area contributed by atoms with Crippen LogP contribution in [0.2, 0.25) is 0 Å². The Balaban J connectivity index is 2.01. The van der Waals surface area contributed by atoms with Crippen LogP contribution >= 0.6 is 0 Å². The van der Waals surface area contributed by atoms with Gasteiger partial charge in [0.15, 0.2) is 0 Å².